The standard InChI is InChI=1S/C48H63N5O6/c1-37-19-16-24-41(38(37)2)47(56)50-30-13-15-33-53(45(55)28-27-44(54)49-29-12-7-14-32-52(3)4)34-18-31-51-48(57)42-25-17-26-43(58-35-39-20-8-5-9-21-39)46(42)59-36-40-22-10-6-11-23-40/h5-6,8-11,16-17,19-26H,7,12-15,18,27-36H2,1-4H3,(H,49,54)(H,50,56)(H,51,57). The van der Waals surface area contributed by atoms with Crippen LogP contribution in [-0.2, 0) is 22.8 Å². The van der Waals surface area contributed by atoms with Crippen LogP contribution in [0.3, 0.4) is 0 Å². The molecule has 0 saturated carbocycles. The van der Waals surface area contributed by atoms with Crippen molar-refractivity contribution in [1.82, 2.24) is 25.8 Å². The zero-order valence-electron chi connectivity index (χ0n) is 35.4. The van der Waals surface area contributed by atoms with E-state index in [0.29, 0.717) is 81.2 Å². The molecule has 0 spiro atoms. The third-order valence-electron chi connectivity index (χ3n) is 10.1. The molecule has 0 radical (unpaired) electrons. The Bertz CT molecular complexity index is 1900. The Balaban J connectivity index is 1.32. The molecule has 4 aromatic rings. The average Bonchev–Trinajstić information content (AvgIpc) is 3.24. The number of nitrogens with zero attached hydrogens (tertiary/aromatic N) is 2. The Labute approximate surface area is 350 Å². The van der Waals surface area contributed by atoms with Crippen LogP contribution in [0.1, 0.15) is 94.3 Å². The van der Waals surface area contributed by atoms with E-state index in [2.05, 4.69) is 20.9 Å². The topological polar surface area (TPSA) is 129 Å². The van der Waals surface area contributed by atoms with Gasteiger partial charge in [-0.3, -0.25) is 19.2 Å². The van der Waals surface area contributed by atoms with Gasteiger partial charge in [-0.15, -0.1) is 0 Å². The zero-order chi connectivity index (χ0) is 42.2. The minimum Gasteiger partial charge on any atom is -0.485 e. The molecule has 4 amide bonds. The van der Waals surface area contributed by atoms with Crippen molar-refractivity contribution in [1.29, 1.82) is 0 Å². The minimum atomic E-state index is -0.311. The lowest BCUT2D eigenvalue weighted by atomic mass is 10.0. The summed E-state index contributed by atoms with van der Waals surface area (Å²) in [5.41, 5.74) is 4.99. The Morgan fingerprint density at radius 2 is 1.10 bits per heavy atom. The average molecular weight is 806 g/mol. The van der Waals surface area contributed by atoms with E-state index in [1.54, 1.807) is 23.1 Å². The number of ether oxygens (including phenoxy) is 2. The maximum atomic E-state index is 13.7. The van der Waals surface area contributed by atoms with Gasteiger partial charge in [-0.05, 0) is 107 Å². The molecule has 0 aliphatic rings. The van der Waals surface area contributed by atoms with E-state index in [9.17, 15) is 19.2 Å². The Morgan fingerprint density at radius 3 is 1.80 bits per heavy atom. The highest BCUT2D eigenvalue weighted by Crippen LogP contribution is 2.33. The van der Waals surface area contributed by atoms with Gasteiger partial charge in [-0.1, -0.05) is 85.3 Å². The van der Waals surface area contributed by atoms with Gasteiger partial charge in [0.1, 0.15) is 13.2 Å². The van der Waals surface area contributed by atoms with Gasteiger partial charge >= 0.3 is 0 Å². The Kier molecular flexibility index (Phi) is 20.0. The van der Waals surface area contributed by atoms with Crippen LogP contribution in [0.4, 0.5) is 0 Å². The molecule has 3 N–H and O–H groups in total. The molecular formula is C48H63N5O6. The molecule has 59 heavy (non-hydrogen) atoms. The number of nitrogens with one attached hydrogen (secondary N) is 3. The SMILES string of the molecule is Cc1cccc(C(=O)NCCCCN(CCCNC(=O)c2cccc(OCc3ccccc3)c2OCc2ccccc2)C(=O)CCC(=O)NCCCCCN(C)C)c1C. The molecule has 0 aromatic heterocycles. The van der Waals surface area contributed by atoms with Crippen molar-refractivity contribution < 1.29 is 28.7 Å². The van der Waals surface area contributed by atoms with Gasteiger partial charge in [0.25, 0.3) is 11.8 Å². The smallest absolute Gasteiger partial charge is 0.255 e. The molecule has 11 heteroatoms. The van der Waals surface area contributed by atoms with Crippen LogP contribution in [0.15, 0.2) is 97.1 Å². The summed E-state index contributed by atoms with van der Waals surface area (Å²) in [5.74, 6) is 0.157. The third-order valence-corrected chi connectivity index (χ3v) is 10.1. The molecule has 0 aliphatic heterocycles. The van der Waals surface area contributed by atoms with Crippen LogP contribution >= 0.6 is 0 Å². The number of carbonyl (C=O) groups is 4. The summed E-state index contributed by atoms with van der Waals surface area (Å²) in [6, 6.07) is 30.5. The van der Waals surface area contributed by atoms with E-state index in [1.807, 2.05) is 107 Å². The van der Waals surface area contributed by atoms with E-state index in [-0.39, 0.29) is 43.1 Å². The molecule has 0 heterocycles. The summed E-state index contributed by atoms with van der Waals surface area (Å²) in [5, 5.41) is 8.97. The molecule has 0 unspecified atom stereocenters. The van der Waals surface area contributed by atoms with Gasteiger partial charge in [0.05, 0.1) is 5.56 Å². The maximum Gasteiger partial charge on any atom is 0.255 e. The van der Waals surface area contributed by atoms with Crippen LogP contribution in [-0.4, -0.2) is 86.8 Å². The zero-order valence-corrected chi connectivity index (χ0v) is 35.4. The number of carbonyl (C=O) groups excluding carboxylic acids is 4. The van der Waals surface area contributed by atoms with Crippen LogP contribution < -0.4 is 25.4 Å². The Hall–Kier alpha value is -5.68. The van der Waals surface area contributed by atoms with Crippen molar-refractivity contribution in [3.8, 4) is 11.5 Å². The van der Waals surface area contributed by atoms with Gasteiger partial charge < -0.3 is 35.2 Å². The third kappa shape index (κ3) is 16.6. The highest BCUT2D eigenvalue weighted by Gasteiger charge is 2.20. The first-order chi connectivity index (χ1) is 28.6. The van der Waals surface area contributed by atoms with E-state index in [1.165, 1.54) is 0 Å². The fourth-order valence-corrected chi connectivity index (χ4v) is 6.50. The van der Waals surface area contributed by atoms with Crippen molar-refractivity contribution in [3.05, 3.63) is 130 Å². The molecule has 0 saturated heterocycles. The normalized spacial score (nSPS) is 10.9. The van der Waals surface area contributed by atoms with E-state index >= 15 is 0 Å². The number of para-hydroxylation sites is 1. The van der Waals surface area contributed by atoms with Gasteiger partial charge in [-0.2, -0.15) is 0 Å². The minimum absolute atomic E-state index is 0.0973. The van der Waals surface area contributed by atoms with Crippen LogP contribution in [0.25, 0.3) is 0 Å². The predicted octanol–water partition coefficient (Wildman–Crippen LogP) is 7.25. The van der Waals surface area contributed by atoms with Crippen molar-refractivity contribution >= 4 is 23.6 Å². The summed E-state index contributed by atoms with van der Waals surface area (Å²) in [6.07, 6.45) is 5.07. The van der Waals surface area contributed by atoms with Gasteiger partial charge in [-0.25, -0.2) is 0 Å². The second-order valence-electron chi connectivity index (χ2n) is 15.1. The van der Waals surface area contributed by atoms with Crippen molar-refractivity contribution in [3.63, 3.8) is 0 Å². The lowest BCUT2D eigenvalue weighted by molar-refractivity contribution is -0.133. The summed E-state index contributed by atoms with van der Waals surface area (Å²) in [7, 11) is 4.10. The van der Waals surface area contributed by atoms with Gasteiger partial charge in [0.2, 0.25) is 11.8 Å². The van der Waals surface area contributed by atoms with E-state index < -0.39 is 0 Å². The number of hydrogen-bond acceptors (Lipinski definition) is 7. The van der Waals surface area contributed by atoms with Crippen LogP contribution in [0.5, 0.6) is 11.5 Å². The van der Waals surface area contributed by atoms with Crippen molar-refractivity contribution in [2.75, 3.05) is 53.4 Å². The van der Waals surface area contributed by atoms with Crippen LogP contribution in [0, 0.1) is 13.8 Å². The van der Waals surface area contributed by atoms with Crippen molar-refractivity contribution in [2.45, 2.75) is 78.4 Å². The quantitative estimate of drug-likeness (QED) is 0.0571. The van der Waals surface area contributed by atoms with E-state index in [0.717, 1.165) is 48.1 Å². The molecular weight excluding hydrogens is 743 g/mol. The summed E-state index contributed by atoms with van der Waals surface area (Å²) >= 11 is 0. The van der Waals surface area contributed by atoms with Crippen LogP contribution in [0.2, 0.25) is 0 Å². The fraction of sp³-hybridized carbons (Fsp3) is 0.417. The lowest BCUT2D eigenvalue weighted by Crippen LogP contribution is -2.36. The molecule has 0 atom stereocenters. The molecule has 0 fully saturated rings. The number of benzene rings is 4. The van der Waals surface area contributed by atoms with E-state index in [4.69, 9.17) is 9.47 Å². The largest absolute Gasteiger partial charge is 0.485 e. The first kappa shape index (κ1) is 46.0. The van der Waals surface area contributed by atoms with Crippen molar-refractivity contribution in [2.24, 2.45) is 0 Å². The number of hydrogen-bond donors (Lipinski definition) is 3. The first-order valence-corrected chi connectivity index (χ1v) is 20.9. The second kappa shape index (κ2) is 25.6. The molecule has 4 rings (SSSR count). The second-order valence-corrected chi connectivity index (χ2v) is 15.1. The number of amides is 4. The highest BCUT2D eigenvalue weighted by molar-refractivity contribution is 5.98. The molecule has 316 valence electrons. The lowest BCUT2D eigenvalue weighted by Gasteiger charge is -2.23. The summed E-state index contributed by atoms with van der Waals surface area (Å²) in [6.45, 7) is 7.78. The number of aryl methyl sites for hydroxylation is 1. The molecule has 11 nitrogen and oxygen atoms in total. The van der Waals surface area contributed by atoms with Gasteiger partial charge in [0, 0.05) is 51.1 Å². The number of unbranched alkanes of at least 4 members (excludes halogenated alkanes) is 3. The first-order valence-electron chi connectivity index (χ1n) is 20.9. The summed E-state index contributed by atoms with van der Waals surface area (Å²) in [4.78, 5) is 56.5. The Morgan fingerprint density at radius 1 is 0.542 bits per heavy atom. The fourth-order valence-electron chi connectivity index (χ4n) is 6.50. The predicted molar refractivity (Wildman–Crippen MR) is 234 cm³/mol. The molecule has 0 aliphatic carbocycles. The monoisotopic (exact) mass is 805 g/mol. The molecule has 0 bridgehead atoms. The summed E-state index contributed by atoms with van der Waals surface area (Å²) < 4.78 is 12.4. The molecule has 4 aromatic carbocycles. The highest BCUT2D eigenvalue weighted by atomic mass is 16.5. The number of rotatable bonds is 26. The maximum absolute atomic E-state index is 13.7. The van der Waals surface area contributed by atoms with Gasteiger partial charge in [0.15, 0.2) is 11.5 Å².